The number of likely N-dealkylation sites (N-methyl/N-ethyl adjacent to an activating group) is 1. The molecule has 1 unspecified atom stereocenters. The van der Waals surface area contributed by atoms with Crippen LogP contribution >= 0.6 is 0 Å². The van der Waals surface area contributed by atoms with Gasteiger partial charge in [-0.25, -0.2) is 14.8 Å². The fourth-order valence-corrected chi connectivity index (χ4v) is 2.19. The van der Waals surface area contributed by atoms with E-state index in [1.165, 1.54) is 12.4 Å². The molecule has 7 nitrogen and oxygen atoms in total. The second-order valence-electron chi connectivity index (χ2n) is 4.40. The fourth-order valence-electron chi connectivity index (χ4n) is 2.19. The lowest BCUT2D eigenvalue weighted by atomic mass is 10.0. The molecule has 7 heteroatoms. The number of amides is 1. The van der Waals surface area contributed by atoms with Crippen LogP contribution in [0, 0.1) is 0 Å². The molecule has 1 aromatic heterocycles. The molecule has 0 aromatic carbocycles. The van der Waals surface area contributed by atoms with Crippen LogP contribution in [0.4, 0.5) is 5.95 Å². The van der Waals surface area contributed by atoms with Gasteiger partial charge in [-0.1, -0.05) is 0 Å². The van der Waals surface area contributed by atoms with Gasteiger partial charge in [0, 0.05) is 26.0 Å². The molecule has 1 aromatic rings. The van der Waals surface area contributed by atoms with Crippen molar-refractivity contribution in [1.82, 2.24) is 15.3 Å². The Labute approximate surface area is 110 Å². The molecular formula is C12H16N4O3. The van der Waals surface area contributed by atoms with E-state index < -0.39 is 5.97 Å². The van der Waals surface area contributed by atoms with Crippen molar-refractivity contribution in [3.8, 4) is 0 Å². The van der Waals surface area contributed by atoms with E-state index in [4.69, 9.17) is 5.11 Å². The summed E-state index contributed by atoms with van der Waals surface area (Å²) in [5.41, 5.74) is 0.0391. The molecule has 0 spiro atoms. The molecule has 1 atom stereocenters. The standard InChI is InChI=1S/C12H16N4O3/c1-13-10(17)9-4-2-3-5-16(9)12-14-6-8(7-15-12)11(18)19/h6-7,9H,2-5H2,1H3,(H,13,17)(H,18,19). The first-order valence-corrected chi connectivity index (χ1v) is 6.17. The maximum atomic E-state index is 11.8. The molecule has 2 heterocycles. The molecule has 0 bridgehead atoms. The van der Waals surface area contributed by atoms with Gasteiger partial charge < -0.3 is 15.3 Å². The summed E-state index contributed by atoms with van der Waals surface area (Å²) < 4.78 is 0. The summed E-state index contributed by atoms with van der Waals surface area (Å²) in [5.74, 6) is -0.725. The summed E-state index contributed by atoms with van der Waals surface area (Å²) in [6.45, 7) is 0.699. The maximum absolute atomic E-state index is 11.8. The van der Waals surface area contributed by atoms with Gasteiger partial charge in [0.25, 0.3) is 0 Å². The summed E-state index contributed by atoms with van der Waals surface area (Å²) in [7, 11) is 1.60. The van der Waals surface area contributed by atoms with E-state index in [0.717, 1.165) is 19.3 Å². The van der Waals surface area contributed by atoms with Gasteiger partial charge in [0.2, 0.25) is 11.9 Å². The zero-order valence-corrected chi connectivity index (χ0v) is 10.7. The number of carbonyl (C=O) groups is 2. The monoisotopic (exact) mass is 264 g/mol. The van der Waals surface area contributed by atoms with Gasteiger partial charge in [-0.05, 0) is 19.3 Å². The molecule has 1 amide bonds. The summed E-state index contributed by atoms with van der Waals surface area (Å²) in [4.78, 5) is 32.5. The Morgan fingerprint density at radius 3 is 2.63 bits per heavy atom. The zero-order valence-electron chi connectivity index (χ0n) is 10.7. The van der Waals surface area contributed by atoms with Crippen molar-refractivity contribution in [2.45, 2.75) is 25.3 Å². The Morgan fingerprint density at radius 1 is 1.37 bits per heavy atom. The first-order chi connectivity index (χ1) is 9.13. The van der Waals surface area contributed by atoms with Gasteiger partial charge in [-0.2, -0.15) is 0 Å². The van der Waals surface area contributed by atoms with E-state index in [2.05, 4.69) is 15.3 Å². The van der Waals surface area contributed by atoms with Crippen molar-refractivity contribution in [2.24, 2.45) is 0 Å². The van der Waals surface area contributed by atoms with Crippen LogP contribution in [-0.4, -0.2) is 46.6 Å². The average molecular weight is 264 g/mol. The minimum Gasteiger partial charge on any atom is -0.478 e. The highest BCUT2D eigenvalue weighted by atomic mass is 16.4. The molecule has 102 valence electrons. The third kappa shape index (κ3) is 2.81. The zero-order chi connectivity index (χ0) is 13.8. The third-order valence-electron chi connectivity index (χ3n) is 3.19. The van der Waals surface area contributed by atoms with Crippen molar-refractivity contribution >= 4 is 17.8 Å². The van der Waals surface area contributed by atoms with Crippen LogP contribution in [0.1, 0.15) is 29.6 Å². The largest absolute Gasteiger partial charge is 0.478 e. The van der Waals surface area contributed by atoms with Crippen LogP contribution in [-0.2, 0) is 4.79 Å². The van der Waals surface area contributed by atoms with E-state index in [0.29, 0.717) is 12.5 Å². The normalized spacial score (nSPS) is 19.0. The number of nitrogens with zero attached hydrogens (tertiary/aromatic N) is 3. The molecule has 19 heavy (non-hydrogen) atoms. The van der Waals surface area contributed by atoms with Crippen molar-refractivity contribution in [3.63, 3.8) is 0 Å². The Kier molecular flexibility index (Phi) is 3.94. The summed E-state index contributed by atoms with van der Waals surface area (Å²) >= 11 is 0. The Balaban J connectivity index is 2.22. The number of aromatic nitrogens is 2. The maximum Gasteiger partial charge on any atom is 0.338 e. The first-order valence-electron chi connectivity index (χ1n) is 6.17. The highest BCUT2D eigenvalue weighted by Crippen LogP contribution is 2.21. The Bertz CT molecular complexity index is 474. The predicted molar refractivity (Wildman–Crippen MR) is 68.0 cm³/mol. The molecule has 1 saturated heterocycles. The van der Waals surface area contributed by atoms with Crippen LogP contribution in [0.25, 0.3) is 0 Å². The van der Waals surface area contributed by atoms with Gasteiger partial charge in [0.15, 0.2) is 0 Å². The molecule has 0 radical (unpaired) electrons. The number of nitrogens with one attached hydrogen (secondary N) is 1. The molecular weight excluding hydrogens is 248 g/mol. The molecule has 0 saturated carbocycles. The van der Waals surface area contributed by atoms with Crippen molar-refractivity contribution in [1.29, 1.82) is 0 Å². The van der Waals surface area contributed by atoms with Crippen LogP contribution in [0.15, 0.2) is 12.4 Å². The van der Waals surface area contributed by atoms with Gasteiger partial charge in [-0.15, -0.1) is 0 Å². The minimum absolute atomic E-state index is 0.0391. The number of carboxylic acids is 1. The third-order valence-corrected chi connectivity index (χ3v) is 3.19. The number of rotatable bonds is 3. The van der Waals surface area contributed by atoms with Crippen LogP contribution in [0.3, 0.4) is 0 Å². The van der Waals surface area contributed by atoms with E-state index in [9.17, 15) is 9.59 Å². The van der Waals surface area contributed by atoms with Crippen molar-refractivity contribution in [2.75, 3.05) is 18.5 Å². The molecule has 1 aliphatic rings. The van der Waals surface area contributed by atoms with Crippen LogP contribution in [0.2, 0.25) is 0 Å². The Hall–Kier alpha value is -2.18. The molecule has 1 fully saturated rings. The summed E-state index contributed by atoms with van der Waals surface area (Å²) in [6, 6.07) is -0.283. The number of hydrogen-bond acceptors (Lipinski definition) is 5. The second kappa shape index (κ2) is 5.64. The lowest BCUT2D eigenvalue weighted by Crippen LogP contribution is -2.49. The lowest BCUT2D eigenvalue weighted by molar-refractivity contribution is -0.122. The number of carbonyl (C=O) groups excluding carboxylic acids is 1. The van der Waals surface area contributed by atoms with Gasteiger partial charge >= 0.3 is 5.97 Å². The number of carboxylic acid groups (broad SMARTS) is 1. The number of anilines is 1. The van der Waals surface area contributed by atoms with Gasteiger partial charge in [0.1, 0.15) is 6.04 Å². The quantitative estimate of drug-likeness (QED) is 0.814. The summed E-state index contributed by atoms with van der Waals surface area (Å²) in [5, 5.41) is 11.4. The van der Waals surface area contributed by atoms with E-state index in [1.807, 2.05) is 4.90 Å². The SMILES string of the molecule is CNC(=O)C1CCCCN1c1ncc(C(=O)O)cn1. The first kappa shape index (κ1) is 13.3. The van der Waals surface area contributed by atoms with E-state index in [-0.39, 0.29) is 17.5 Å². The number of aromatic carboxylic acids is 1. The second-order valence-corrected chi connectivity index (χ2v) is 4.40. The highest BCUT2D eigenvalue weighted by molar-refractivity contribution is 5.87. The highest BCUT2D eigenvalue weighted by Gasteiger charge is 2.29. The molecule has 2 N–H and O–H groups in total. The average Bonchev–Trinajstić information content (AvgIpc) is 2.46. The summed E-state index contributed by atoms with van der Waals surface area (Å²) in [6.07, 6.45) is 5.24. The fraction of sp³-hybridized carbons (Fsp3) is 0.500. The lowest BCUT2D eigenvalue weighted by Gasteiger charge is -2.34. The molecule has 2 rings (SSSR count). The van der Waals surface area contributed by atoms with Gasteiger partial charge in [-0.3, -0.25) is 4.79 Å². The van der Waals surface area contributed by atoms with E-state index >= 15 is 0 Å². The van der Waals surface area contributed by atoms with Crippen molar-refractivity contribution < 1.29 is 14.7 Å². The number of hydrogen-bond donors (Lipinski definition) is 2. The van der Waals surface area contributed by atoms with E-state index in [1.54, 1.807) is 7.05 Å². The van der Waals surface area contributed by atoms with Gasteiger partial charge in [0.05, 0.1) is 5.56 Å². The van der Waals surface area contributed by atoms with Crippen molar-refractivity contribution in [3.05, 3.63) is 18.0 Å². The topological polar surface area (TPSA) is 95.4 Å². The van der Waals surface area contributed by atoms with Crippen LogP contribution < -0.4 is 10.2 Å². The predicted octanol–water partition coefficient (Wildman–Crippen LogP) is 0.280. The Morgan fingerprint density at radius 2 is 2.05 bits per heavy atom. The number of piperidine rings is 1. The molecule has 0 aliphatic carbocycles. The van der Waals surface area contributed by atoms with Crippen LogP contribution in [0.5, 0.6) is 0 Å². The minimum atomic E-state index is -1.06. The smallest absolute Gasteiger partial charge is 0.338 e. The molecule has 1 aliphatic heterocycles.